The Labute approximate surface area is 99.1 Å². The van der Waals surface area contributed by atoms with Crippen molar-refractivity contribution in [2.24, 2.45) is 5.73 Å². The summed E-state index contributed by atoms with van der Waals surface area (Å²) < 4.78 is -1.37. The van der Waals surface area contributed by atoms with Crippen molar-refractivity contribution in [3.8, 4) is 0 Å². The molecule has 0 saturated heterocycles. The first kappa shape index (κ1) is 12.1. The van der Waals surface area contributed by atoms with E-state index in [9.17, 15) is 0 Å². The molecule has 1 nitrogen and oxygen atoms in total. The molecule has 0 radical (unpaired) electrons. The summed E-state index contributed by atoms with van der Waals surface area (Å²) in [5.74, 6) is 0. The van der Waals surface area contributed by atoms with Gasteiger partial charge in [0.05, 0.1) is 0 Å². The number of benzene rings is 1. The number of hydrogen-bond acceptors (Lipinski definition) is 1. The quantitative estimate of drug-likeness (QED) is 0.801. The Morgan fingerprint density at radius 2 is 1.71 bits per heavy atom. The average molecular weight is 253 g/mol. The van der Waals surface area contributed by atoms with Gasteiger partial charge in [0, 0.05) is 12.1 Å². The van der Waals surface area contributed by atoms with Gasteiger partial charge in [-0.15, -0.1) is 0 Å². The molecule has 1 aromatic rings. The summed E-state index contributed by atoms with van der Waals surface area (Å²) in [7, 11) is 0. The van der Waals surface area contributed by atoms with E-state index >= 15 is 0 Å². The minimum atomic E-state index is -1.37. The molecule has 0 unspecified atom stereocenters. The SMILES string of the molecule is CCc1cc(CN)cc(C(Cl)(Cl)Cl)c1. The van der Waals surface area contributed by atoms with Gasteiger partial charge in [-0.1, -0.05) is 59.9 Å². The Bertz CT molecular complexity index is 295. The highest BCUT2D eigenvalue weighted by Gasteiger charge is 2.23. The largest absolute Gasteiger partial charge is 0.326 e. The zero-order chi connectivity index (χ0) is 10.8. The lowest BCUT2D eigenvalue weighted by Gasteiger charge is -2.14. The van der Waals surface area contributed by atoms with Crippen LogP contribution in [0, 0.1) is 0 Å². The molecule has 1 rings (SSSR count). The second-order valence-corrected chi connectivity index (χ2v) is 5.37. The summed E-state index contributed by atoms with van der Waals surface area (Å²) in [4.78, 5) is 0. The van der Waals surface area contributed by atoms with Crippen LogP contribution < -0.4 is 5.73 Å². The Morgan fingerprint density at radius 3 is 2.14 bits per heavy atom. The van der Waals surface area contributed by atoms with E-state index in [2.05, 4.69) is 6.92 Å². The molecule has 1 aromatic carbocycles. The molecular weight excluding hydrogens is 240 g/mol. The fraction of sp³-hybridized carbons (Fsp3) is 0.400. The Kier molecular flexibility index (Phi) is 4.08. The molecule has 0 aliphatic rings. The number of aryl methyl sites for hydroxylation is 1. The van der Waals surface area contributed by atoms with E-state index in [1.807, 2.05) is 18.2 Å². The van der Waals surface area contributed by atoms with Gasteiger partial charge in [0.2, 0.25) is 3.79 Å². The molecule has 0 aliphatic carbocycles. The van der Waals surface area contributed by atoms with Gasteiger partial charge in [0.25, 0.3) is 0 Å². The van der Waals surface area contributed by atoms with Gasteiger partial charge in [-0.05, 0) is 17.5 Å². The minimum Gasteiger partial charge on any atom is -0.326 e. The lowest BCUT2D eigenvalue weighted by Crippen LogP contribution is -2.05. The van der Waals surface area contributed by atoms with Gasteiger partial charge >= 0.3 is 0 Å². The van der Waals surface area contributed by atoms with E-state index in [0.29, 0.717) is 12.1 Å². The number of hydrogen-bond donors (Lipinski definition) is 1. The summed E-state index contributed by atoms with van der Waals surface area (Å²) in [6, 6.07) is 5.75. The summed E-state index contributed by atoms with van der Waals surface area (Å²) in [5.41, 5.74) is 8.36. The van der Waals surface area contributed by atoms with Crippen molar-refractivity contribution in [1.29, 1.82) is 0 Å². The van der Waals surface area contributed by atoms with E-state index in [1.54, 1.807) is 0 Å². The van der Waals surface area contributed by atoms with Crippen molar-refractivity contribution >= 4 is 34.8 Å². The highest BCUT2D eigenvalue weighted by Crippen LogP contribution is 2.38. The van der Waals surface area contributed by atoms with Crippen LogP contribution in [0.1, 0.15) is 23.6 Å². The molecule has 0 amide bonds. The molecule has 0 atom stereocenters. The number of halogens is 3. The Hall–Kier alpha value is 0.0500. The maximum absolute atomic E-state index is 5.81. The molecule has 0 saturated carbocycles. The van der Waals surface area contributed by atoms with E-state index in [0.717, 1.165) is 17.5 Å². The minimum absolute atomic E-state index is 0.460. The third-order valence-corrected chi connectivity index (χ3v) is 2.68. The zero-order valence-electron chi connectivity index (χ0n) is 7.86. The predicted molar refractivity (Wildman–Crippen MR) is 62.9 cm³/mol. The second kappa shape index (κ2) is 4.71. The zero-order valence-corrected chi connectivity index (χ0v) is 10.1. The number of alkyl halides is 3. The fourth-order valence-electron chi connectivity index (χ4n) is 1.25. The van der Waals surface area contributed by atoms with Crippen LogP contribution in [-0.2, 0) is 16.8 Å². The third-order valence-electron chi connectivity index (χ3n) is 2.02. The van der Waals surface area contributed by atoms with Gasteiger partial charge in [0.1, 0.15) is 0 Å². The summed E-state index contributed by atoms with van der Waals surface area (Å²) in [5, 5.41) is 0. The predicted octanol–water partition coefficient (Wildman–Crippen LogP) is 3.53. The molecule has 14 heavy (non-hydrogen) atoms. The van der Waals surface area contributed by atoms with Crippen LogP contribution in [0.15, 0.2) is 18.2 Å². The van der Waals surface area contributed by atoms with Crippen LogP contribution in [0.25, 0.3) is 0 Å². The first-order valence-corrected chi connectivity index (χ1v) is 5.51. The van der Waals surface area contributed by atoms with E-state index in [-0.39, 0.29) is 0 Å². The fourth-order valence-corrected chi connectivity index (χ4v) is 1.58. The van der Waals surface area contributed by atoms with Gasteiger partial charge in [0.15, 0.2) is 0 Å². The van der Waals surface area contributed by atoms with Crippen LogP contribution in [-0.4, -0.2) is 0 Å². The monoisotopic (exact) mass is 251 g/mol. The third kappa shape index (κ3) is 3.03. The molecule has 0 aromatic heterocycles. The molecule has 2 N–H and O–H groups in total. The molecule has 0 aliphatic heterocycles. The van der Waals surface area contributed by atoms with Crippen molar-refractivity contribution in [2.75, 3.05) is 0 Å². The lowest BCUT2D eigenvalue weighted by molar-refractivity contribution is 1.03. The lowest BCUT2D eigenvalue weighted by atomic mass is 10.0. The van der Waals surface area contributed by atoms with Crippen LogP contribution in [0.4, 0.5) is 0 Å². The highest BCUT2D eigenvalue weighted by molar-refractivity contribution is 6.66. The first-order chi connectivity index (χ1) is 6.47. The van der Waals surface area contributed by atoms with Gasteiger partial charge in [-0.2, -0.15) is 0 Å². The molecule has 0 bridgehead atoms. The van der Waals surface area contributed by atoms with Crippen molar-refractivity contribution in [2.45, 2.75) is 23.7 Å². The van der Waals surface area contributed by atoms with Crippen LogP contribution >= 0.6 is 34.8 Å². The maximum atomic E-state index is 5.81. The van der Waals surface area contributed by atoms with Crippen molar-refractivity contribution in [3.63, 3.8) is 0 Å². The standard InChI is InChI=1S/C10H12Cl3N/c1-2-7-3-8(6-14)5-9(4-7)10(11,12)13/h3-5H,2,6,14H2,1H3. The first-order valence-electron chi connectivity index (χ1n) is 4.37. The maximum Gasteiger partial charge on any atom is 0.216 e. The molecule has 0 spiro atoms. The van der Waals surface area contributed by atoms with Crippen molar-refractivity contribution < 1.29 is 0 Å². The second-order valence-electron chi connectivity index (χ2n) is 3.09. The summed E-state index contributed by atoms with van der Waals surface area (Å²) in [6.45, 7) is 2.51. The number of nitrogens with two attached hydrogens (primary N) is 1. The van der Waals surface area contributed by atoms with Gasteiger partial charge in [-0.25, -0.2) is 0 Å². The normalized spacial score (nSPS) is 11.8. The average Bonchev–Trinajstić information content (AvgIpc) is 2.15. The van der Waals surface area contributed by atoms with Crippen molar-refractivity contribution in [1.82, 2.24) is 0 Å². The molecule has 0 heterocycles. The van der Waals surface area contributed by atoms with Crippen LogP contribution in [0.5, 0.6) is 0 Å². The molecule has 78 valence electrons. The molecular formula is C10H12Cl3N. The highest BCUT2D eigenvalue weighted by atomic mass is 35.6. The van der Waals surface area contributed by atoms with Crippen molar-refractivity contribution in [3.05, 3.63) is 34.9 Å². The Morgan fingerprint density at radius 1 is 1.14 bits per heavy atom. The van der Waals surface area contributed by atoms with Crippen LogP contribution in [0.2, 0.25) is 0 Å². The topological polar surface area (TPSA) is 26.0 Å². The Balaban J connectivity index is 3.17. The van der Waals surface area contributed by atoms with E-state index < -0.39 is 3.79 Å². The molecule has 0 fully saturated rings. The van der Waals surface area contributed by atoms with Gasteiger partial charge < -0.3 is 5.73 Å². The van der Waals surface area contributed by atoms with Gasteiger partial charge in [-0.3, -0.25) is 0 Å². The molecule has 4 heteroatoms. The van der Waals surface area contributed by atoms with E-state index in [1.165, 1.54) is 0 Å². The van der Waals surface area contributed by atoms with E-state index in [4.69, 9.17) is 40.5 Å². The smallest absolute Gasteiger partial charge is 0.216 e. The number of rotatable bonds is 2. The van der Waals surface area contributed by atoms with Crippen LogP contribution in [0.3, 0.4) is 0 Å². The summed E-state index contributed by atoms with van der Waals surface area (Å²) in [6.07, 6.45) is 0.904. The summed E-state index contributed by atoms with van der Waals surface area (Å²) >= 11 is 17.4.